The first-order valence-electron chi connectivity index (χ1n) is 7.37. The molecule has 6 nitrogen and oxygen atoms in total. The second kappa shape index (κ2) is 8.29. The highest BCUT2D eigenvalue weighted by Gasteiger charge is 2.24. The van der Waals surface area contributed by atoms with E-state index < -0.39 is 0 Å². The van der Waals surface area contributed by atoms with Crippen molar-refractivity contribution in [2.75, 3.05) is 44.8 Å². The standard InChI is InChI=1S/C14H25N5OS/c1-4-15-14(16-5-8-21-3)19-6-7-20-13(11-19)12-9-17-18(2)10-12/h9-10,13H,4-8,11H2,1-3H3,(H,15,16). The van der Waals surface area contributed by atoms with Gasteiger partial charge < -0.3 is 15.0 Å². The lowest BCUT2D eigenvalue weighted by atomic mass is 10.1. The summed E-state index contributed by atoms with van der Waals surface area (Å²) in [5.41, 5.74) is 1.13. The number of rotatable bonds is 5. The van der Waals surface area contributed by atoms with Crippen molar-refractivity contribution in [2.45, 2.75) is 13.0 Å². The van der Waals surface area contributed by atoms with Gasteiger partial charge in [0.2, 0.25) is 0 Å². The minimum atomic E-state index is 0.0665. The predicted molar refractivity (Wildman–Crippen MR) is 87.8 cm³/mol. The summed E-state index contributed by atoms with van der Waals surface area (Å²) in [7, 11) is 1.93. The van der Waals surface area contributed by atoms with Crippen LogP contribution in [0.1, 0.15) is 18.6 Å². The summed E-state index contributed by atoms with van der Waals surface area (Å²) in [4.78, 5) is 6.98. The molecule has 2 heterocycles. The molecule has 0 spiro atoms. The van der Waals surface area contributed by atoms with Crippen LogP contribution in [0.25, 0.3) is 0 Å². The molecule has 1 aliphatic heterocycles. The van der Waals surface area contributed by atoms with Crippen LogP contribution in [0, 0.1) is 0 Å². The van der Waals surface area contributed by atoms with Gasteiger partial charge in [-0.1, -0.05) is 0 Å². The number of thioether (sulfide) groups is 1. The van der Waals surface area contributed by atoms with Gasteiger partial charge in [-0.2, -0.15) is 16.9 Å². The van der Waals surface area contributed by atoms with E-state index in [0.29, 0.717) is 6.61 Å². The number of hydrogen-bond acceptors (Lipinski definition) is 4. The molecule has 2 rings (SSSR count). The number of aromatic nitrogens is 2. The van der Waals surface area contributed by atoms with Gasteiger partial charge in [-0.3, -0.25) is 9.67 Å². The van der Waals surface area contributed by atoms with Crippen molar-refractivity contribution in [1.82, 2.24) is 20.0 Å². The summed E-state index contributed by atoms with van der Waals surface area (Å²) in [5, 5.41) is 7.61. The van der Waals surface area contributed by atoms with E-state index in [9.17, 15) is 0 Å². The monoisotopic (exact) mass is 311 g/mol. The largest absolute Gasteiger partial charge is 0.370 e. The van der Waals surface area contributed by atoms with E-state index in [1.807, 2.05) is 35.9 Å². The maximum atomic E-state index is 5.88. The topological polar surface area (TPSA) is 54.7 Å². The number of morpholine rings is 1. The van der Waals surface area contributed by atoms with Crippen molar-refractivity contribution in [3.63, 3.8) is 0 Å². The fourth-order valence-electron chi connectivity index (χ4n) is 2.32. The first-order chi connectivity index (χ1) is 10.2. The predicted octanol–water partition coefficient (Wildman–Crippen LogP) is 1.12. The van der Waals surface area contributed by atoms with Gasteiger partial charge in [0.05, 0.1) is 25.9 Å². The van der Waals surface area contributed by atoms with Crippen molar-refractivity contribution in [3.8, 4) is 0 Å². The average molecular weight is 311 g/mol. The van der Waals surface area contributed by atoms with E-state index in [1.54, 1.807) is 0 Å². The van der Waals surface area contributed by atoms with Crippen molar-refractivity contribution in [3.05, 3.63) is 18.0 Å². The van der Waals surface area contributed by atoms with Crippen LogP contribution in [-0.2, 0) is 11.8 Å². The molecular formula is C14H25N5OS. The van der Waals surface area contributed by atoms with Crippen molar-refractivity contribution in [2.24, 2.45) is 12.0 Å². The van der Waals surface area contributed by atoms with Gasteiger partial charge in [-0.05, 0) is 13.2 Å². The lowest BCUT2D eigenvalue weighted by Gasteiger charge is -2.34. The molecular weight excluding hydrogens is 286 g/mol. The lowest BCUT2D eigenvalue weighted by molar-refractivity contribution is -0.00802. The van der Waals surface area contributed by atoms with E-state index in [0.717, 1.165) is 43.5 Å². The lowest BCUT2D eigenvalue weighted by Crippen LogP contribution is -2.48. The van der Waals surface area contributed by atoms with Crippen LogP contribution < -0.4 is 5.32 Å². The SMILES string of the molecule is CCNC(=NCCSC)N1CCOC(c2cnn(C)c2)C1. The van der Waals surface area contributed by atoms with E-state index in [1.165, 1.54) is 0 Å². The van der Waals surface area contributed by atoms with Crippen molar-refractivity contribution in [1.29, 1.82) is 0 Å². The molecule has 1 aromatic rings. The summed E-state index contributed by atoms with van der Waals surface area (Å²) in [6, 6.07) is 0. The zero-order valence-electron chi connectivity index (χ0n) is 13.1. The van der Waals surface area contributed by atoms with Crippen LogP contribution >= 0.6 is 11.8 Å². The summed E-state index contributed by atoms with van der Waals surface area (Å²) >= 11 is 1.82. The first-order valence-corrected chi connectivity index (χ1v) is 8.76. The normalized spacial score (nSPS) is 19.9. The smallest absolute Gasteiger partial charge is 0.194 e. The molecule has 0 aromatic carbocycles. The van der Waals surface area contributed by atoms with E-state index >= 15 is 0 Å². The average Bonchev–Trinajstić information content (AvgIpc) is 2.93. The second-order valence-corrected chi connectivity index (χ2v) is 5.97. The summed E-state index contributed by atoms with van der Waals surface area (Å²) in [5.74, 6) is 2.04. The molecule has 1 N–H and O–H groups in total. The van der Waals surface area contributed by atoms with Crippen LogP contribution in [0.15, 0.2) is 17.4 Å². The molecule has 1 aliphatic rings. The third-order valence-corrected chi connectivity index (χ3v) is 3.95. The van der Waals surface area contributed by atoms with E-state index in [4.69, 9.17) is 9.73 Å². The molecule has 1 aromatic heterocycles. The van der Waals surface area contributed by atoms with Crippen LogP contribution in [0.4, 0.5) is 0 Å². The number of aliphatic imine (C=N–C) groups is 1. The maximum absolute atomic E-state index is 5.88. The van der Waals surface area contributed by atoms with Crippen LogP contribution in [0.3, 0.4) is 0 Å². The Morgan fingerprint density at radius 3 is 3.14 bits per heavy atom. The number of nitrogens with zero attached hydrogens (tertiary/aromatic N) is 4. The van der Waals surface area contributed by atoms with Gasteiger partial charge >= 0.3 is 0 Å². The molecule has 0 aliphatic carbocycles. The van der Waals surface area contributed by atoms with Crippen LogP contribution in [-0.4, -0.2) is 65.4 Å². The summed E-state index contributed by atoms with van der Waals surface area (Å²) in [6.07, 6.45) is 6.07. The van der Waals surface area contributed by atoms with Gasteiger partial charge in [-0.25, -0.2) is 0 Å². The first kappa shape index (κ1) is 16.2. The number of hydrogen-bond donors (Lipinski definition) is 1. The van der Waals surface area contributed by atoms with Gasteiger partial charge in [0, 0.05) is 37.7 Å². The summed E-state index contributed by atoms with van der Waals surface area (Å²) in [6.45, 7) is 6.24. The maximum Gasteiger partial charge on any atom is 0.194 e. The second-order valence-electron chi connectivity index (χ2n) is 4.98. The van der Waals surface area contributed by atoms with Gasteiger partial charge in [-0.15, -0.1) is 0 Å². The van der Waals surface area contributed by atoms with Crippen LogP contribution in [0.5, 0.6) is 0 Å². The third kappa shape index (κ3) is 4.64. The molecule has 0 radical (unpaired) electrons. The third-order valence-electron chi connectivity index (χ3n) is 3.35. The molecule has 1 saturated heterocycles. The van der Waals surface area contributed by atoms with Crippen LogP contribution in [0.2, 0.25) is 0 Å². The molecule has 0 amide bonds. The number of guanidine groups is 1. The number of ether oxygens (including phenoxy) is 1. The molecule has 7 heteroatoms. The highest BCUT2D eigenvalue weighted by atomic mass is 32.2. The Morgan fingerprint density at radius 2 is 2.48 bits per heavy atom. The minimum Gasteiger partial charge on any atom is -0.370 e. The highest BCUT2D eigenvalue weighted by Crippen LogP contribution is 2.21. The molecule has 0 saturated carbocycles. The van der Waals surface area contributed by atoms with E-state index in [2.05, 4.69) is 28.5 Å². The van der Waals surface area contributed by atoms with Gasteiger partial charge in [0.25, 0.3) is 0 Å². The van der Waals surface area contributed by atoms with Crippen molar-refractivity contribution >= 4 is 17.7 Å². The quantitative estimate of drug-likeness (QED) is 0.502. The molecule has 0 bridgehead atoms. The molecule has 21 heavy (non-hydrogen) atoms. The zero-order chi connectivity index (χ0) is 15.1. The number of aryl methyl sites for hydroxylation is 1. The Morgan fingerprint density at radius 1 is 1.62 bits per heavy atom. The Hall–Kier alpha value is -1.21. The Balaban J connectivity index is 2.01. The van der Waals surface area contributed by atoms with Gasteiger partial charge in [0.15, 0.2) is 5.96 Å². The summed E-state index contributed by atoms with van der Waals surface area (Å²) < 4.78 is 7.69. The van der Waals surface area contributed by atoms with Gasteiger partial charge in [0.1, 0.15) is 6.10 Å². The Labute approximate surface area is 130 Å². The molecule has 1 atom stereocenters. The molecule has 1 fully saturated rings. The molecule has 118 valence electrons. The van der Waals surface area contributed by atoms with Crippen molar-refractivity contribution < 1.29 is 4.74 Å². The van der Waals surface area contributed by atoms with E-state index in [-0.39, 0.29) is 6.10 Å². The molecule has 1 unspecified atom stereocenters. The zero-order valence-corrected chi connectivity index (χ0v) is 13.9. The fourth-order valence-corrected chi connectivity index (χ4v) is 2.59. The highest BCUT2D eigenvalue weighted by molar-refractivity contribution is 7.98. The Bertz CT molecular complexity index is 462. The minimum absolute atomic E-state index is 0.0665. The number of nitrogens with one attached hydrogen (secondary N) is 1. The fraction of sp³-hybridized carbons (Fsp3) is 0.714. The Kier molecular flexibility index (Phi) is 6.38.